The van der Waals surface area contributed by atoms with E-state index >= 15 is 0 Å². The highest BCUT2D eigenvalue weighted by atomic mass is 19.4. The molecule has 26 heavy (non-hydrogen) atoms. The Labute approximate surface area is 142 Å². The number of hydrogen-bond acceptors (Lipinski definition) is 3. The van der Waals surface area contributed by atoms with Crippen molar-refractivity contribution in [2.24, 2.45) is 11.8 Å². The zero-order valence-corrected chi connectivity index (χ0v) is 12.8. The molecule has 0 radical (unpaired) electrons. The van der Waals surface area contributed by atoms with E-state index in [0.29, 0.717) is 4.90 Å². The van der Waals surface area contributed by atoms with Gasteiger partial charge in [0.1, 0.15) is 0 Å². The molecule has 2 amide bonds. The van der Waals surface area contributed by atoms with E-state index in [1.54, 1.807) is 0 Å². The molecule has 0 spiro atoms. The molecule has 12 heteroatoms. The van der Waals surface area contributed by atoms with Crippen molar-refractivity contribution in [1.82, 2.24) is 4.90 Å². The summed E-state index contributed by atoms with van der Waals surface area (Å²) >= 11 is 0. The van der Waals surface area contributed by atoms with Crippen molar-refractivity contribution in [3.05, 3.63) is 24.3 Å². The summed E-state index contributed by atoms with van der Waals surface area (Å²) in [6, 6.07) is 3.28. The molecule has 2 rings (SSSR count). The highest BCUT2D eigenvalue weighted by Crippen LogP contribution is 2.38. The number of amides is 2. The predicted molar refractivity (Wildman–Crippen MR) is 74.4 cm³/mol. The lowest BCUT2D eigenvalue weighted by atomic mass is 9.96. The van der Waals surface area contributed by atoms with E-state index in [1.165, 1.54) is 12.1 Å². The molecule has 0 aromatic heterocycles. The number of carbonyl (C=O) groups is 2. The monoisotopic (exact) mass is 386 g/mol. The van der Waals surface area contributed by atoms with Gasteiger partial charge in [0.15, 0.2) is 5.75 Å². The molecule has 2 atom stereocenters. The van der Waals surface area contributed by atoms with Gasteiger partial charge in [-0.15, -0.1) is 13.2 Å². The number of urea groups is 1. The number of nitrogens with one attached hydrogen (secondary N) is 1. The lowest BCUT2D eigenvalue weighted by molar-refractivity contribution is -0.274. The summed E-state index contributed by atoms with van der Waals surface area (Å²) < 4.78 is 79.5. The fraction of sp³-hybridized carbons (Fsp3) is 0.429. The van der Waals surface area contributed by atoms with Crippen LogP contribution in [0.5, 0.6) is 5.75 Å². The van der Waals surface area contributed by atoms with Gasteiger partial charge in [0, 0.05) is 13.1 Å². The van der Waals surface area contributed by atoms with Gasteiger partial charge in [-0.25, -0.2) is 4.79 Å². The number of alkyl halides is 6. The number of likely N-dealkylation sites (tertiary alicyclic amines) is 1. The van der Waals surface area contributed by atoms with Crippen molar-refractivity contribution < 1.29 is 45.8 Å². The second-order valence-electron chi connectivity index (χ2n) is 5.47. The topological polar surface area (TPSA) is 78.9 Å². The first-order valence-electron chi connectivity index (χ1n) is 7.08. The fourth-order valence-corrected chi connectivity index (χ4v) is 2.53. The van der Waals surface area contributed by atoms with E-state index in [9.17, 15) is 35.9 Å². The average molecular weight is 386 g/mol. The molecule has 1 aliphatic rings. The second kappa shape index (κ2) is 6.92. The quantitative estimate of drug-likeness (QED) is 0.782. The van der Waals surface area contributed by atoms with Crippen molar-refractivity contribution >= 4 is 17.7 Å². The molecule has 1 heterocycles. The van der Waals surface area contributed by atoms with Gasteiger partial charge in [0.25, 0.3) is 0 Å². The Kier molecular flexibility index (Phi) is 5.23. The van der Waals surface area contributed by atoms with Crippen LogP contribution in [0.15, 0.2) is 24.3 Å². The van der Waals surface area contributed by atoms with Crippen LogP contribution < -0.4 is 10.1 Å². The molecule has 6 nitrogen and oxygen atoms in total. The molecule has 144 valence electrons. The van der Waals surface area contributed by atoms with E-state index in [2.05, 4.69) is 4.74 Å². The molecule has 2 N–H and O–H groups in total. The van der Waals surface area contributed by atoms with E-state index in [4.69, 9.17) is 5.11 Å². The summed E-state index contributed by atoms with van der Waals surface area (Å²) in [4.78, 5) is 23.7. The summed E-state index contributed by atoms with van der Waals surface area (Å²) in [5, 5.41) is 10.9. The molecular weight excluding hydrogens is 374 g/mol. The minimum Gasteiger partial charge on any atom is -0.481 e. The Bertz CT molecular complexity index is 691. The molecule has 0 bridgehead atoms. The highest BCUT2D eigenvalue weighted by molar-refractivity contribution is 5.91. The maximum atomic E-state index is 12.9. The third-order valence-corrected chi connectivity index (χ3v) is 3.70. The zero-order chi connectivity index (χ0) is 19.7. The zero-order valence-electron chi connectivity index (χ0n) is 12.8. The molecule has 1 aromatic rings. The van der Waals surface area contributed by atoms with Crippen molar-refractivity contribution in [2.75, 3.05) is 18.4 Å². The standard InChI is InChI=1S/C14H12F6N2O4/c15-13(16,17)8-6-22(5-7(8)11(23)24)12(25)21-9-3-1-2-4-10(9)26-14(18,19)20/h1-4,7-8H,5-6H2,(H,21,25)(H,23,24)/t7-,8-/m1/s1. The maximum Gasteiger partial charge on any atom is 0.573 e. The highest BCUT2D eigenvalue weighted by Gasteiger charge is 2.53. The van der Waals surface area contributed by atoms with Crippen LogP contribution in [0.1, 0.15) is 0 Å². The third-order valence-electron chi connectivity index (χ3n) is 3.70. The van der Waals surface area contributed by atoms with Gasteiger partial charge in [-0.2, -0.15) is 13.2 Å². The van der Waals surface area contributed by atoms with Gasteiger partial charge in [-0.3, -0.25) is 4.79 Å². The van der Waals surface area contributed by atoms with Crippen LogP contribution >= 0.6 is 0 Å². The van der Waals surface area contributed by atoms with Gasteiger partial charge >= 0.3 is 24.5 Å². The molecule has 1 aromatic carbocycles. The van der Waals surface area contributed by atoms with E-state index < -0.39 is 60.9 Å². The number of rotatable bonds is 3. The van der Waals surface area contributed by atoms with Crippen LogP contribution in [0.2, 0.25) is 0 Å². The lowest BCUT2D eigenvalue weighted by Crippen LogP contribution is -2.35. The number of para-hydroxylation sites is 2. The number of anilines is 1. The molecule has 0 saturated carbocycles. The number of benzene rings is 1. The number of ether oxygens (including phenoxy) is 1. The van der Waals surface area contributed by atoms with Crippen LogP contribution in [0.25, 0.3) is 0 Å². The number of halogens is 6. The third kappa shape index (κ3) is 4.70. The second-order valence-corrected chi connectivity index (χ2v) is 5.47. The summed E-state index contributed by atoms with van der Waals surface area (Å²) in [5.74, 6) is -6.60. The van der Waals surface area contributed by atoms with Crippen molar-refractivity contribution in [3.63, 3.8) is 0 Å². The predicted octanol–water partition coefficient (Wildman–Crippen LogP) is 3.31. The van der Waals surface area contributed by atoms with E-state index in [-0.39, 0.29) is 0 Å². The number of carboxylic acid groups (broad SMARTS) is 1. The Morgan fingerprint density at radius 3 is 2.23 bits per heavy atom. The molecule has 1 aliphatic heterocycles. The number of hydrogen-bond donors (Lipinski definition) is 2. The van der Waals surface area contributed by atoms with Gasteiger partial charge in [-0.1, -0.05) is 12.1 Å². The van der Waals surface area contributed by atoms with Crippen molar-refractivity contribution in [1.29, 1.82) is 0 Å². The Morgan fingerprint density at radius 2 is 1.73 bits per heavy atom. The van der Waals surface area contributed by atoms with Crippen LogP contribution in [0.4, 0.5) is 36.8 Å². The molecule has 0 unspecified atom stereocenters. The summed E-state index contributed by atoms with van der Waals surface area (Å²) in [6.45, 7) is -1.65. The molecule has 0 aliphatic carbocycles. The first-order chi connectivity index (χ1) is 11.9. The van der Waals surface area contributed by atoms with Gasteiger partial charge in [0.05, 0.1) is 17.5 Å². The van der Waals surface area contributed by atoms with Crippen LogP contribution in [0.3, 0.4) is 0 Å². The number of carbonyl (C=O) groups excluding carboxylic acids is 1. The molecule has 1 saturated heterocycles. The van der Waals surface area contributed by atoms with Crippen molar-refractivity contribution in [2.45, 2.75) is 12.5 Å². The first kappa shape index (κ1) is 19.7. The Hall–Kier alpha value is -2.66. The van der Waals surface area contributed by atoms with Crippen LogP contribution in [-0.4, -0.2) is 47.6 Å². The summed E-state index contributed by atoms with van der Waals surface area (Å²) in [5.41, 5.74) is -0.419. The SMILES string of the molecule is O=C(O)[C@@H]1CN(C(=O)Nc2ccccc2OC(F)(F)F)C[C@H]1C(F)(F)F. The van der Waals surface area contributed by atoms with Crippen LogP contribution in [-0.2, 0) is 4.79 Å². The van der Waals surface area contributed by atoms with E-state index in [0.717, 1.165) is 12.1 Å². The Morgan fingerprint density at radius 1 is 1.12 bits per heavy atom. The van der Waals surface area contributed by atoms with Gasteiger partial charge in [-0.05, 0) is 12.1 Å². The summed E-state index contributed by atoms with van der Waals surface area (Å²) in [6.07, 6.45) is -9.88. The smallest absolute Gasteiger partial charge is 0.481 e. The van der Waals surface area contributed by atoms with Gasteiger partial charge < -0.3 is 20.1 Å². The van der Waals surface area contributed by atoms with Gasteiger partial charge in [0.2, 0.25) is 0 Å². The maximum absolute atomic E-state index is 12.9. The lowest BCUT2D eigenvalue weighted by Gasteiger charge is -2.20. The normalized spacial score (nSPS) is 20.8. The van der Waals surface area contributed by atoms with Crippen molar-refractivity contribution in [3.8, 4) is 5.75 Å². The molecular formula is C14H12F6N2O4. The minimum atomic E-state index is -5.04. The first-order valence-corrected chi connectivity index (χ1v) is 7.08. The van der Waals surface area contributed by atoms with E-state index in [1.807, 2.05) is 5.32 Å². The number of carboxylic acids is 1. The summed E-state index contributed by atoms with van der Waals surface area (Å²) in [7, 11) is 0. The number of nitrogens with zero attached hydrogens (tertiary/aromatic N) is 1. The van der Waals surface area contributed by atoms with Crippen LogP contribution in [0, 0.1) is 11.8 Å². The fourth-order valence-electron chi connectivity index (χ4n) is 2.53. The molecule has 1 fully saturated rings. The average Bonchev–Trinajstić information content (AvgIpc) is 2.93. The largest absolute Gasteiger partial charge is 0.573 e. The number of aliphatic carboxylic acids is 1. The Balaban J connectivity index is 2.15. The minimum absolute atomic E-state index is 0.419.